The van der Waals surface area contributed by atoms with Crippen molar-refractivity contribution in [3.05, 3.63) is 58.1 Å². The Morgan fingerprint density at radius 1 is 0.920 bits per heavy atom. The normalized spacial score (nSPS) is 11.1. The lowest BCUT2D eigenvalue weighted by Gasteiger charge is -2.12. The molecule has 2 aromatic carbocycles. The Labute approximate surface area is 147 Å². The highest BCUT2D eigenvalue weighted by molar-refractivity contribution is 6.44. The first-order valence-electron chi connectivity index (χ1n) is 7.14. The van der Waals surface area contributed by atoms with E-state index >= 15 is 0 Å². The van der Waals surface area contributed by atoms with Gasteiger partial charge in [0.2, 0.25) is 0 Å². The summed E-state index contributed by atoms with van der Waals surface area (Å²) in [4.78, 5) is 23.9. The van der Waals surface area contributed by atoms with Crippen LogP contribution in [-0.2, 0) is 15.8 Å². The van der Waals surface area contributed by atoms with Crippen LogP contribution < -0.4 is 10.6 Å². The first kappa shape index (κ1) is 18.8. The summed E-state index contributed by atoms with van der Waals surface area (Å²) < 4.78 is 38.2. The van der Waals surface area contributed by atoms with E-state index in [1.807, 2.05) is 13.0 Å². The topological polar surface area (TPSA) is 58.2 Å². The maximum absolute atomic E-state index is 12.7. The van der Waals surface area contributed by atoms with Gasteiger partial charge in [0.25, 0.3) is 0 Å². The van der Waals surface area contributed by atoms with Gasteiger partial charge in [0.1, 0.15) is 0 Å². The Bertz CT molecular complexity index is 835. The van der Waals surface area contributed by atoms with Gasteiger partial charge in [-0.05, 0) is 49.2 Å². The lowest BCUT2D eigenvalue weighted by atomic mass is 10.1. The average Bonchev–Trinajstić information content (AvgIpc) is 2.51. The Kier molecular flexibility index (Phi) is 5.37. The number of halogens is 4. The molecule has 0 radical (unpaired) electrons. The zero-order valence-corrected chi connectivity index (χ0v) is 14.0. The van der Waals surface area contributed by atoms with Crippen LogP contribution in [0, 0.1) is 13.8 Å². The molecule has 0 spiro atoms. The number of nitrogens with one attached hydrogen (secondary N) is 2. The molecular weight excluding hydrogens is 357 g/mol. The predicted molar refractivity (Wildman–Crippen MR) is 89.6 cm³/mol. The van der Waals surface area contributed by atoms with Crippen molar-refractivity contribution in [2.24, 2.45) is 0 Å². The number of carbonyl (C=O) groups is 2. The van der Waals surface area contributed by atoms with E-state index in [9.17, 15) is 22.8 Å². The smallest absolute Gasteiger partial charge is 0.318 e. The van der Waals surface area contributed by atoms with Gasteiger partial charge in [0.15, 0.2) is 0 Å². The third-order valence-corrected chi connectivity index (χ3v) is 3.72. The number of amides is 2. The summed E-state index contributed by atoms with van der Waals surface area (Å²) in [5.74, 6) is -2.13. The van der Waals surface area contributed by atoms with Crippen molar-refractivity contribution in [2.75, 3.05) is 10.6 Å². The molecule has 0 aliphatic rings. The van der Waals surface area contributed by atoms with Crippen LogP contribution in [0.15, 0.2) is 36.4 Å². The molecule has 4 nitrogen and oxygen atoms in total. The van der Waals surface area contributed by atoms with Gasteiger partial charge in [0.05, 0.1) is 16.3 Å². The van der Waals surface area contributed by atoms with Crippen LogP contribution in [0.2, 0.25) is 5.02 Å². The molecule has 0 bridgehead atoms. The molecule has 0 fully saturated rings. The second-order valence-corrected chi connectivity index (χ2v) is 5.83. The van der Waals surface area contributed by atoms with Crippen LogP contribution in [0.3, 0.4) is 0 Å². The van der Waals surface area contributed by atoms with Crippen molar-refractivity contribution in [1.82, 2.24) is 0 Å². The lowest BCUT2D eigenvalue weighted by molar-refractivity contribution is -0.137. The minimum atomic E-state index is -4.59. The van der Waals surface area contributed by atoms with Crippen molar-refractivity contribution in [3.8, 4) is 0 Å². The number of benzene rings is 2. The molecule has 8 heteroatoms. The first-order valence-corrected chi connectivity index (χ1v) is 7.52. The third-order valence-electron chi connectivity index (χ3n) is 3.39. The monoisotopic (exact) mass is 370 g/mol. The zero-order valence-electron chi connectivity index (χ0n) is 13.3. The number of hydrogen-bond acceptors (Lipinski definition) is 2. The fourth-order valence-electron chi connectivity index (χ4n) is 2.03. The van der Waals surface area contributed by atoms with Gasteiger partial charge in [0, 0.05) is 5.69 Å². The Morgan fingerprint density at radius 2 is 1.52 bits per heavy atom. The van der Waals surface area contributed by atoms with E-state index in [0.717, 1.165) is 23.3 Å². The van der Waals surface area contributed by atoms with E-state index in [0.29, 0.717) is 11.8 Å². The van der Waals surface area contributed by atoms with Gasteiger partial charge in [-0.25, -0.2) is 0 Å². The number of alkyl halides is 3. The number of aryl methyl sites for hydroxylation is 2. The minimum Gasteiger partial charge on any atom is -0.318 e. The largest absolute Gasteiger partial charge is 0.416 e. The van der Waals surface area contributed by atoms with Gasteiger partial charge in [-0.15, -0.1) is 0 Å². The van der Waals surface area contributed by atoms with Gasteiger partial charge < -0.3 is 10.6 Å². The van der Waals surface area contributed by atoms with E-state index in [-0.39, 0.29) is 10.7 Å². The highest BCUT2D eigenvalue weighted by atomic mass is 35.5. The van der Waals surface area contributed by atoms with Crippen molar-refractivity contribution < 1.29 is 22.8 Å². The van der Waals surface area contributed by atoms with Gasteiger partial charge in [-0.3, -0.25) is 9.59 Å². The van der Waals surface area contributed by atoms with Crippen molar-refractivity contribution in [2.45, 2.75) is 20.0 Å². The van der Waals surface area contributed by atoms with Crippen LogP contribution in [0.1, 0.15) is 16.7 Å². The number of anilines is 2. The van der Waals surface area contributed by atoms with Crippen LogP contribution in [0.25, 0.3) is 0 Å². The molecule has 0 saturated carbocycles. The fraction of sp³-hybridized carbons (Fsp3) is 0.176. The summed E-state index contributed by atoms with van der Waals surface area (Å²) in [5, 5.41) is 4.40. The van der Waals surface area contributed by atoms with Crippen LogP contribution in [-0.4, -0.2) is 11.8 Å². The van der Waals surface area contributed by atoms with Crippen molar-refractivity contribution >= 4 is 34.8 Å². The van der Waals surface area contributed by atoms with E-state index in [4.69, 9.17) is 11.6 Å². The minimum absolute atomic E-state index is 0.110. The molecule has 25 heavy (non-hydrogen) atoms. The van der Waals surface area contributed by atoms with E-state index < -0.39 is 23.6 Å². The molecule has 0 aromatic heterocycles. The zero-order chi connectivity index (χ0) is 18.8. The summed E-state index contributed by atoms with van der Waals surface area (Å²) in [6, 6.07) is 7.75. The van der Waals surface area contributed by atoms with Crippen LogP contribution >= 0.6 is 11.6 Å². The fourth-order valence-corrected chi connectivity index (χ4v) is 2.19. The highest BCUT2D eigenvalue weighted by Crippen LogP contribution is 2.33. The van der Waals surface area contributed by atoms with E-state index in [1.54, 1.807) is 19.1 Å². The molecule has 132 valence electrons. The third kappa shape index (κ3) is 4.73. The Morgan fingerprint density at radius 3 is 2.12 bits per heavy atom. The molecule has 2 rings (SSSR count). The molecule has 2 aromatic rings. The molecule has 2 amide bonds. The molecule has 0 heterocycles. The van der Waals surface area contributed by atoms with Gasteiger partial charge in [-0.2, -0.15) is 13.2 Å². The maximum atomic E-state index is 12.7. The average molecular weight is 371 g/mol. The lowest BCUT2D eigenvalue weighted by Crippen LogP contribution is -2.29. The molecule has 0 saturated heterocycles. The molecular formula is C17H14ClF3N2O2. The summed E-state index contributed by atoms with van der Waals surface area (Å²) >= 11 is 5.79. The van der Waals surface area contributed by atoms with E-state index in [1.165, 1.54) is 0 Å². The van der Waals surface area contributed by atoms with Crippen molar-refractivity contribution in [3.63, 3.8) is 0 Å². The molecule has 2 N–H and O–H groups in total. The SMILES string of the molecule is Cc1ccc(C)c(NC(=O)C(=O)Nc2cc(C(F)(F)F)ccc2Cl)c1. The molecule has 0 atom stereocenters. The van der Waals surface area contributed by atoms with Crippen molar-refractivity contribution in [1.29, 1.82) is 0 Å². The summed E-state index contributed by atoms with van der Waals surface area (Å²) in [7, 11) is 0. The number of rotatable bonds is 2. The maximum Gasteiger partial charge on any atom is 0.416 e. The second-order valence-electron chi connectivity index (χ2n) is 5.42. The van der Waals surface area contributed by atoms with Gasteiger partial charge in [-0.1, -0.05) is 23.7 Å². The van der Waals surface area contributed by atoms with E-state index in [2.05, 4.69) is 10.6 Å². The number of carbonyl (C=O) groups excluding carboxylic acids is 2. The summed E-state index contributed by atoms with van der Waals surface area (Å²) in [5.41, 5.74) is 0.779. The first-order chi connectivity index (χ1) is 11.6. The highest BCUT2D eigenvalue weighted by Gasteiger charge is 2.31. The van der Waals surface area contributed by atoms with Gasteiger partial charge >= 0.3 is 18.0 Å². The molecule has 0 aliphatic heterocycles. The number of hydrogen-bond donors (Lipinski definition) is 2. The Balaban J connectivity index is 2.16. The summed E-state index contributed by atoms with van der Waals surface area (Å²) in [6.45, 7) is 3.56. The molecule has 0 unspecified atom stereocenters. The predicted octanol–water partition coefficient (Wildman–Crippen LogP) is 4.55. The molecule has 0 aliphatic carbocycles. The van der Waals surface area contributed by atoms with Crippen LogP contribution in [0.5, 0.6) is 0 Å². The summed E-state index contributed by atoms with van der Waals surface area (Å²) in [6.07, 6.45) is -4.59. The standard InChI is InChI=1S/C17H14ClF3N2O2/c1-9-3-4-10(2)13(7-9)22-15(24)16(25)23-14-8-11(17(19,20)21)5-6-12(14)18/h3-8H,1-2H3,(H,22,24)(H,23,25). The Hall–Kier alpha value is -2.54. The quantitative estimate of drug-likeness (QED) is 0.762. The second kappa shape index (κ2) is 7.14. The van der Waals surface area contributed by atoms with Crippen LogP contribution in [0.4, 0.5) is 24.5 Å².